The molecule has 1 aliphatic rings. The second-order valence-electron chi connectivity index (χ2n) is 4.84. The first kappa shape index (κ1) is 14.2. The Kier molecular flexibility index (Phi) is 5.51. The molecule has 0 aromatic heterocycles. The van der Waals surface area contributed by atoms with Crippen molar-refractivity contribution >= 4 is 5.78 Å². The van der Waals surface area contributed by atoms with Crippen molar-refractivity contribution in [2.75, 3.05) is 13.2 Å². The molecule has 104 valence electrons. The standard InChI is InChI=1S/C15H20O4/c16-10-15-9-13(17)8-14(19-15)6-7-18-11-12-4-2-1-3-5-12/h1-5,14-16H,6-11H2/t14-,15-/m0/s1. The summed E-state index contributed by atoms with van der Waals surface area (Å²) in [5.41, 5.74) is 1.14. The fraction of sp³-hybridized carbons (Fsp3) is 0.533. The fourth-order valence-corrected chi connectivity index (χ4v) is 2.22. The van der Waals surface area contributed by atoms with Crippen LogP contribution in [0.3, 0.4) is 0 Å². The molecule has 1 aromatic carbocycles. The van der Waals surface area contributed by atoms with Gasteiger partial charge >= 0.3 is 0 Å². The number of rotatable bonds is 6. The highest BCUT2D eigenvalue weighted by Crippen LogP contribution is 2.18. The van der Waals surface area contributed by atoms with E-state index in [0.29, 0.717) is 32.5 Å². The molecule has 0 spiro atoms. The first-order valence-corrected chi connectivity index (χ1v) is 6.67. The zero-order valence-electron chi connectivity index (χ0n) is 11.0. The summed E-state index contributed by atoms with van der Waals surface area (Å²) >= 11 is 0. The van der Waals surface area contributed by atoms with Gasteiger partial charge in [-0.15, -0.1) is 0 Å². The number of hydrogen-bond donors (Lipinski definition) is 1. The van der Waals surface area contributed by atoms with Crippen molar-refractivity contribution in [3.05, 3.63) is 35.9 Å². The lowest BCUT2D eigenvalue weighted by Gasteiger charge is -2.28. The summed E-state index contributed by atoms with van der Waals surface area (Å²) in [5.74, 6) is 0.165. The van der Waals surface area contributed by atoms with Crippen molar-refractivity contribution in [2.24, 2.45) is 0 Å². The van der Waals surface area contributed by atoms with Gasteiger partial charge < -0.3 is 14.6 Å². The van der Waals surface area contributed by atoms with E-state index < -0.39 is 0 Å². The zero-order valence-corrected chi connectivity index (χ0v) is 11.0. The first-order chi connectivity index (χ1) is 9.28. The monoisotopic (exact) mass is 264 g/mol. The van der Waals surface area contributed by atoms with Crippen LogP contribution in [0.2, 0.25) is 0 Å². The number of ketones is 1. The minimum atomic E-state index is -0.333. The average Bonchev–Trinajstić information content (AvgIpc) is 2.44. The highest BCUT2D eigenvalue weighted by atomic mass is 16.5. The number of carbonyl (C=O) groups is 1. The molecule has 2 atom stereocenters. The number of carbonyl (C=O) groups excluding carboxylic acids is 1. The van der Waals surface area contributed by atoms with Gasteiger partial charge in [-0.3, -0.25) is 4.79 Å². The molecular formula is C15H20O4. The van der Waals surface area contributed by atoms with Crippen molar-refractivity contribution in [3.8, 4) is 0 Å². The van der Waals surface area contributed by atoms with Crippen LogP contribution < -0.4 is 0 Å². The predicted molar refractivity (Wildman–Crippen MR) is 70.7 cm³/mol. The van der Waals surface area contributed by atoms with Crippen molar-refractivity contribution in [3.63, 3.8) is 0 Å². The third-order valence-electron chi connectivity index (χ3n) is 3.19. The van der Waals surface area contributed by atoms with E-state index in [1.165, 1.54) is 0 Å². The predicted octanol–water partition coefficient (Wildman–Crippen LogP) is 1.70. The van der Waals surface area contributed by atoms with Crippen molar-refractivity contribution in [1.29, 1.82) is 0 Å². The molecule has 0 amide bonds. The fourth-order valence-electron chi connectivity index (χ4n) is 2.22. The van der Waals surface area contributed by atoms with Gasteiger partial charge in [0.15, 0.2) is 0 Å². The summed E-state index contributed by atoms with van der Waals surface area (Å²) in [6, 6.07) is 9.96. The van der Waals surface area contributed by atoms with Gasteiger partial charge in [0.25, 0.3) is 0 Å². The molecule has 0 saturated carbocycles. The molecule has 0 radical (unpaired) electrons. The third kappa shape index (κ3) is 4.74. The maximum absolute atomic E-state index is 11.5. The van der Waals surface area contributed by atoms with E-state index in [1.807, 2.05) is 30.3 Å². The molecule has 1 fully saturated rings. The first-order valence-electron chi connectivity index (χ1n) is 6.67. The van der Waals surface area contributed by atoms with E-state index in [0.717, 1.165) is 5.56 Å². The Morgan fingerprint density at radius 3 is 2.68 bits per heavy atom. The Bertz CT molecular complexity index is 390. The van der Waals surface area contributed by atoms with E-state index in [9.17, 15) is 4.79 Å². The second-order valence-corrected chi connectivity index (χ2v) is 4.84. The Hall–Kier alpha value is -1.23. The van der Waals surface area contributed by atoms with Crippen molar-refractivity contribution in [2.45, 2.75) is 38.1 Å². The molecule has 1 aromatic rings. The van der Waals surface area contributed by atoms with Crippen LogP contribution in [0.5, 0.6) is 0 Å². The molecule has 0 aliphatic carbocycles. The van der Waals surface area contributed by atoms with Crippen molar-refractivity contribution < 1.29 is 19.4 Å². The maximum atomic E-state index is 11.5. The molecule has 19 heavy (non-hydrogen) atoms. The van der Waals surface area contributed by atoms with E-state index in [1.54, 1.807) is 0 Å². The van der Waals surface area contributed by atoms with Gasteiger partial charge in [0.1, 0.15) is 5.78 Å². The number of benzene rings is 1. The van der Waals surface area contributed by atoms with E-state index in [-0.39, 0.29) is 24.6 Å². The summed E-state index contributed by atoms with van der Waals surface area (Å²) in [6.45, 7) is 1.04. The van der Waals surface area contributed by atoms with Crippen LogP contribution in [0.25, 0.3) is 0 Å². The normalized spacial score (nSPS) is 23.5. The Morgan fingerprint density at radius 2 is 1.95 bits per heavy atom. The maximum Gasteiger partial charge on any atom is 0.138 e. The number of aliphatic hydroxyl groups excluding tert-OH is 1. The van der Waals surface area contributed by atoms with Crippen LogP contribution in [-0.2, 0) is 20.9 Å². The molecule has 1 aliphatic heterocycles. The number of ether oxygens (including phenoxy) is 2. The molecule has 1 heterocycles. The van der Waals surface area contributed by atoms with Gasteiger partial charge in [-0.05, 0) is 12.0 Å². The van der Waals surface area contributed by atoms with Gasteiger partial charge in [-0.25, -0.2) is 0 Å². The van der Waals surface area contributed by atoms with E-state index >= 15 is 0 Å². The van der Waals surface area contributed by atoms with Crippen LogP contribution in [0.1, 0.15) is 24.8 Å². The number of hydrogen-bond acceptors (Lipinski definition) is 4. The smallest absolute Gasteiger partial charge is 0.138 e. The van der Waals surface area contributed by atoms with E-state index in [2.05, 4.69) is 0 Å². The van der Waals surface area contributed by atoms with Gasteiger partial charge in [0.2, 0.25) is 0 Å². The Morgan fingerprint density at radius 1 is 1.21 bits per heavy atom. The van der Waals surface area contributed by atoms with Gasteiger partial charge in [0, 0.05) is 19.4 Å². The lowest BCUT2D eigenvalue weighted by atomic mass is 10.0. The highest BCUT2D eigenvalue weighted by molar-refractivity contribution is 5.80. The van der Waals surface area contributed by atoms with Crippen molar-refractivity contribution in [1.82, 2.24) is 0 Å². The SMILES string of the molecule is O=C1C[C@@H](CO)O[C@@H](CCOCc2ccccc2)C1. The molecule has 4 nitrogen and oxygen atoms in total. The molecular weight excluding hydrogens is 244 g/mol. The van der Waals surface area contributed by atoms with Gasteiger partial charge in [-0.2, -0.15) is 0 Å². The summed E-state index contributed by atoms with van der Waals surface area (Å²) in [4.78, 5) is 11.5. The largest absolute Gasteiger partial charge is 0.394 e. The molecule has 4 heteroatoms. The molecule has 0 bridgehead atoms. The number of aliphatic hydroxyl groups is 1. The summed E-state index contributed by atoms with van der Waals surface area (Å²) in [6.07, 6.45) is 1.01. The summed E-state index contributed by atoms with van der Waals surface area (Å²) < 4.78 is 11.2. The topological polar surface area (TPSA) is 55.8 Å². The highest BCUT2D eigenvalue weighted by Gasteiger charge is 2.26. The lowest BCUT2D eigenvalue weighted by molar-refractivity contribution is -0.140. The average molecular weight is 264 g/mol. The lowest BCUT2D eigenvalue weighted by Crippen LogP contribution is -2.35. The Labute approximate surface area is 113 Å². The van der Waals surface area contributed by atoms with Gasteiger partial charge in [0.05, 0.1) is 25.4 Å². The number of Topliss-reactive ketones (excluding diaryl/α,β-unsaturated/α-hetero) is 1. The molecule has 1 saturated heterocycles. The zero-order chi connectivity index (χ0) is 13.5. The van der Waals surface area contributed by atoms with E-state index in [4.69, 9.17) is 14.6 Å². The van der Waals surface area contributed by atoms with Gasteiger partial charge in [-0.1, -0.05) is 30.3 Å². The summed E-state index contributed by atoms with van der Waals surface area (Å²) in [7, 11) is 0. The Balaban J connectivity index is 1.66. The third-order valence-corrected chi connectivity index (χ3v) is 3.19. The minimum absolute atomic E-state index is 0.0902. The summed E-state index contributed by atoms with van der Waals surface area (Å²) in [5, 5.41) is 9.04. The quantitative estimate of drug-likeness (QED) is 0.795. The minimum Gasteiger partial charge on any atom is -0.394 e. The molecule has 1 N–H and O–H groups in total. The molecule has 0 unspecified atom stereocenters. The van der Waals surface area contributed by atoms with Crippen LogP contribution in [0, 0.1) is 0 Å². The molecule has 2 rings (SSSR count). The van der Waals surface area contributed by atoms with Crippen LogP contribution >= 0.6 is 0 Å². The van der Waals surface area contributed by atoms with Crippen LogP contribution in [-0.4, -0.2) is 36.3 Å². The second kappa shape index (κ2) is 7.38. The van der Waals surface area contributed by atoms with Crippen LogP contribution in [0.4, 0.5) is 0 Å². The van der Waals surface area contributed by atoms with Crippen LogP contribution in [0.15, 0.2) is 30.3 Å².